The molecule has 10 heteroatoms. The normalized spacial score (nSPS) is 19.4. The van der Waals surface area contributed by atoms with E-state index in [1.165, 1.54) is 0 Å². The Kier molecular flexibility index (Phi) is 4.83. The standard InChI is InChI=1S/C11H14FN3O5S/c12-9-2-1-3-10(15(16)17)11(9)21(18,19)14-7-8-6-13-4-5-20-8/h1-3,8,13-14H,4-7H2. The van der Waals surface area contributed by atoms with Crippen LogP contribution in [0.25, 0.3) is 0 Å². The largest absolute Gasteiger partial charge is 0.374 e. The van der Waals surface area contributed by atoms with Crippen molar-refractivity contribution in [3.8, 4) is 0 Å². The molecule has 8 nitrogen and oxygen atoms in total. The smallest absolute Gasteiger partial charge is 0.292 e. The maximum Gasteiger partial charge on any atom is 0.292 e. The number of benzene rings is 1. The molecule has 21 heavy (non-hydrogen) atoms. The molecular formula is C11H14FN3O5S. The molecule has 0 aromatic heterocycles. The van der Waals surface area contributed by atoms with Gasteiger partial charge in [-0.2, -0.15) is 0 Å². The van der Waals surface area contributed by atoms with Crippen LogP contribution in [0.1, 0.15) is 0 Å². The van der Waals surface area contributed by atoms with E-state index in [0.717, 1.165) is 18.2 Å². The van der Waals surface area contributed by atoms with Gasteiger partial charge >= 0.3 is 0 Å². The second-order valence-corrected chi connectivity index (χ2v) is 6.10. The minimum atomic E-state index is -4.34. The Bertz CT molecular complexity index is 631. The lowest BCUT2D eigenvalue weighted by molar-refractivity contribution is -0.388. The zero-order valence-electron chi connectivity index (χ0n) is 10.9. The molecule has 0 amide bonds. The van der Waals surface area contributed by atoms with Gasteiger partial charge in [0.1, 0.15) is 5.82 Å². The first kappa shape index (κ1) is 15.8. The number of nitro groups is 1. The Balaban J connectivity index is 2.21. The van der Waals surface area contributed by atoms with Crippen LogP contribution in [0.5, 0.6) is 0 Å². The van der Waals surface area contributed by atoms with Gasteiger partial charge in [-0.05, 0) is 6.07 Å². The second kappa shape index (κ2) is 6.43. The highest BCUT2D eigenvalue weighted by molar-refractivity contribution is 7.89. The average Bonchev–Trinajstić information content (AvgIpc) is 2.46. The van der Waals surface area contributed by atoms with Crippen molar-refractivity contribution in [2.75, 3.05) is 26.2 Å². The lowest BCUT2D eigenvalue weighted by atomic mass is 10.3. The molecule has 0 aliphatic carbocycles. The molecule has 0 saturated carbocycles. The quantitative estimate of drug-likeness (QED) is 0.584. The van der Waals surface area contributed by atoms with Crippen LogP contribution < -0.4 is 10.0 Å². The van der Waals surface area contributed by atoms with E-state index in [9.17, 15) is 22.9 Å². The van der Waals surface area contributed by atoms with E-state index in [-0.39, 0.29) is 6.54 Å². The minimum absolute atomic E-state index is 0.0964. The maximum atomic E-state index is 13.7. The summed E-state index contributed by atoms with van der Waals surface area (Å²) in [6.07, 6.45) is -0.403. The topological polar surface area (TPSA) is 111 Å². The van der Waals surface area contributed by atoms with Crippen molar-refractivity contribution >= 4 is 15.7 Å². The molecule has 1 aromatic carbocycles. The van der Waals surface area contributed by atoms with Crippen molar-refractivity contribution in [2.45, 2.75) is 11.0 Å². The Morgan fingerprint density at radius 2 is 2.29 bits per heavy atom. The first-order valence-electron chi connectivity index (χ1n) is 6.16. The van der Waals surface area contributed by atoms with Crippen LogP contribution in [0.15, 0.2) is 23.1 Å². The van der Waals surface area contributed by atoms with E-state index < -0.39 is 37.5 Å². The SMILES string of the molecule is O=[N+]([O-])c1cccc(F)c1S(=O)(=O)NCC1CNCCO1. The lowest BCUT2D eigenvalue weighted by Gasteiger charge is -2.23. The van der Waals surface area contributed by atoms with Crippen molar-refractivity contribution < 1.29 is 22.5 Å². The molecule has 0 radical (unpaired) electrons. The molecule has 0 spiro atoms. The van der Waals surface area contributed by atoms with Crippen LogP contribution in [0.3, 0.4) is 0 Å². The predicted octanol–water partition coefficient (Wildman–Crippen LogP) is 0.000600. The highest BCUT2D eigenvalue weighted by Crippen LogP contribution is 2.26. The Labute approximate surface area is 120 Å². The van der Waals surface area contributed by atoms with E-state index in [1.54, 1.807) is 0 Å². The van der Waals surface area contributed by atoms with E-state index in [0.29, 0.717) is 19.7 Å². The fourth-order valence-electron chi connectivity index (χ4n) is 1.93. The number of nitrogens with one attached hydrogen (secondary N) is 2. The van der Waals surface area contributed by atoms with Gasteiger partial charge in [-0.3, -0.25) is 10.1 Å². The number of ether oxygens (including phenoxy) is 1. The van der Waals surface area contributed by atoms with Crippen LogP contribution in [0.2, 0.25) is 0 Å². The maximum absolute atomic E-state index is 13.7. The lowest BCUT2D eigenvalue weighted by Crippen LogP contribution is -2.45. The third-order valence-corrected chi connectivity index (χ3v) is 4.41. The van der Waals surface area contributed by atoms with Crippen molar-refractivity contribution in [1.29, 1.82) is 0 Å². The van der Waals surface area contributed by atoms with Gasteiger partial charge in [0.05, 0.1) is 17.6 Å². The van der Waals surface area contributed by atoms with Gasteiger partial charge < -0.3 is 10.1 Å². The van der Waals surface area contributed by atoms with Gasteiger partial charge in [0.15, 0.2) is 4.90 Å². The number of nitro benzene ring substituents is 1. The summed E-state index contributed by atoms with van der Waals surface area (Å²) in [5.41, 5.74) is -0.801. The number of hydrogen-bond donors (Lipinski definition) is 2. The molecule has 2 rings (SSSR count). The summed E-state index contributed by atoms with van der Waals surface area (Å²) in [5.74, 6) is -1.17. The van der Waals surface area contributed by atoms with Crippen LogP contribution in [-0.4, -0.2) is 45.7 Å². The molecular weight excluding hydrogens is 305 g/mol. The van der Waals surface area contributed by atoms with Crippen molar-refractivity contribution in [3.63, 3.8) is 0 Å². The number of sulfonamides is 1. The molecule has 1 fully saturated rings. The zero-order valence-corrected chi connectivity index (χ0v) is 11.7. The van der Waals surface area contributed by atoms with Crippen molar-refractivity contribution in [1.82, 2.24) is 10.0 Å². The number of nitrogens with zero attached hydrogens (tertiary/aromatic N) is 1. The first-order valence-corrected chi connectivity index (χ1v) is 7.65. The fourth-order valence-corrected chi connectivity index (χ4v) is 3.23. The zero-order chi connectivity index (χ0) is 15.5. The summed E-state index contributed by atoms with van der Waals surface area (Å²) >= 11 is 0. The molecule has 1 heterocycles. The van der Waals surface area contributed by atoms with Gasteiger partial charge in [0.2, 0.25) is 10.0 Å². The first-order chi connectivity index (χ1) is 9.92. The molecule has 1 aliphatic heterocycles. The molecule has 1 aliphatic rings. The van der Waals surface area contributed by atoms with E-state index in [1.807, 2.05) is 0 Å². The predicted molar refractivity (Wildman–Crippen MR) is 70.9 cm³/mol. The summed E-state index contributed by atoms with van der Waals surface area (Å²) in [6.45, 7) is 1.46. The number of morpholine rings is 1. The van der Waals surface area contributed by atoms with Gasteiger partial charge in [0, 0.05) is 25.7 Å². The summed E-state index contributed by atoms with van der Waals surface area (Å²) in [6, 6.07) is 2.89. The summed E-state index contributed by atoms with van der Waals surface area (Å²) in [5, 5.41) is 13.8. The second-order valence-electron chi connectivity index (χ2n) is 4.39. The average molecular weight is 319 g/mol. The third kappa shape index (κ3) is 3.73. The summed E-state index contributed by atoms with van der Waals surface area (Å²) < 4.78 is 45.3. The van der Waals surface area contributed by atoms with E-state index in [2.05, 4.69) is 10.0 Å². The van der Waals surface area contributed by atoms with Gasteiger partial charge in [-0.1, -0.05) is 6.07 Å². The van der Waals surface area contributed by atoms with E-state index in [4.69, 9.17) is 4.74 Å². The van der Waals surface area contributed by atoms with Crippen molar-refractivity contribution in [2.24, 2.45) is 0 Å². The van der Waals surface area contributed by atoms with E-state index >= 15 is 0 Å². The highest BCUT2D eigenvalue weighted by atomic mass is 32.2. The molecule has 1 saturated heterocycles. The Morgan fingerprint density at radius 1 is 1.52 bits per heavy atom. The van der Waals surface area contributed by atoms with Crippen LogP contribution in [0, 0.1) is 15.9 Å². The fraction of sp³-hybridized carbons (Fsp3) is 0.455. The highest BCUT2D eigenvalue weighted by Gasteiger charge is 2.30. The number of halogens is 1. The third-order valence-electron chi connectivity index (χ3n) is 2.92. The molecule has 1 aromatic rings. The molecule has 1 unspecified atom stereocenters. The van der Waals surface area contributed by atoms with Gasteiger partial charge in [-0.15, -0.1) is 0 Å². The van der Waals surface area contributed by atoms with Crippen molar-refractivity contribution in [3.05, 3.63) is 34.1 Å². The number of rotatable bonds is 5. The van der Waals surface area contributed by atoms with Crippen LogP contribution in [0.4, 0.5) is 10.1 Å². The van der Waals surface area contributed by atoms with Crippen LogP contribution >= 0.6 is 0 Å². The number of hydrogen-bond acceptors (Lipinski definition) is 6. The molecule has 0 bridgehead atoms. The summed E-state index contributed by atoms with van der Waals surface area (Å²) in [7, 11) is -4.34. The molecule has 2 N–H and O–H groups in total. The van der Waals surface area contributed by atoms with Crippen LogP contribution in [-0.2, 0) is 14.8 Å². The Hall–Kier alpha value is -1.62. The van der Waals surface area contributed by atoms with Gasteiger partial charge in [0.25, 0.3) is 5.69 Å². The molecule has 1 atom stereocenters. The summed E-state index contributed by atoms with van der Waals surface area (Å²) in [4.78, 5) is 8.94. The Morgan fingerprint density at radius 3 is 2.90 bits per heavy atom. The monoisotopic (exact) mass is 319 g/mol. The minimum Gasteiger partial charge on any atom is -0.374 e. The molecule has 116 valence electrons. The van der Waals surface area contributed by atoms with Gasteiger partial charge in [-0.25, -0.2) is 17.5 Å².